The predicted molar refractivity (Wildman–Crippen MR) is 64.9 cm³/mol. The lowest BCUT2D eigenvalue weighted by atomic mass is 9.75. The molecule has 1 saturated carbocycles. The largest absolute Gasteiger partial charge is 0.497 e. The number of methoxy groups -OCH3 is 1. The third-order valence-electron chi connectivity index (χ3n) is 3.90. The van der Waals surface area contributed by atoms with Crippen molar-refractivity contribution in [2.45, 2.75) is 37.5 Å². The number of hydrogen-bond donors (Lipinski definition) is 1. The molecule has 0 heterocycles. The van der Waals surface area contributed by atoms with Crippen molar-refractivity contribution in [3.05, 3.63) is 29.8 Å². The fourth-order valence-electron chi connectivity index (χ4n) is 2.61. The molecule has 1 aliphatic rings. The Bertz CT molecular complexity index is 417. The van der Waals surface area contributed by atoms with Gasteiger partial charge < -0.3 is 9.84 Å². The SMILES string of the molecule is COc1ccc(C2(O)CCC(C(F)(F)F)CC2)cc1. The van der Waals surface area contributed by atoms with Gasteiger partial charge in [-0.3, -0.25) is 0 Å². The zero-order valence-electron chi connectivity index (χ0n) is 10.7. The van der Waals surface area contributed by atoms with E-state index >= 15 is 0 Å². The Labute approximate surface area is 110 Å². The Kier molecular flexibility index (Phi) is 3.76. The predicted octanol–water partition coefficient (Wildman–Crippen LogP) is 3.64. The first-order chi connectivity index (χ1) is 8.85. The van der Waals surface area contributed by atoms with E-state index in [0.29, 0.717) is 11.3 Å². The van der Waals surface area contributed by atoms with Gasteiger partial charge >= 0.3 is 6.18 Å². The molecule has 106 valence electrons. The van der Waals surface area contributed by atoms with Gasteiger partial charge in [0.05, 0.1) is 18.6 Å². The molecule has 2 nitrogen and oxygen atoms in total. The first-order valence-corrected chi connectivity index (χ1v) is 6.29. The topological polar surface area (TPSA) is 29.5 Å². The molecule has 1 aromatic carbocycles. The van der Waals surface area contributed by atoms with Gasteiger partial charge in [0.1, 0.15) is 5.75 Å². The molecule has 0 aromatic heterocycles. The fraction of sp³-hybridized carbons (Fsp3) is 0.571. The Hall–Kier alpha value is -1.23. The summed E-state index contributed by atoms with van der Waals surface area (Å²) < 4.78 is 42.8. The van der Waals surface area contributed by atoms with Crippen LogP contribution in [0, 0.1) is 5.92 Å². The standard InChI is InChI=1S/C14H17F3O2/c1-19-12-4-2-10(3-5-12)13(18)8-6-11(7-9-13)14(15,16)17/h2-5,11,18H,6-9H2,1H3. The van der Waals surface area contributed by atoms with E-state index in [9.17, 15) is 18.3 Å². The van der Waals surface area contributed by atoms with Crippen molar-refractivity contribution in [1.82, 2.24) is 0 Å². The van der Waals surface area contributed by atoms with Crippen molar-refractivity contribution in [1.29, 1.82) is 0 Å². The molecule has 0 unspecified atom stereocenters. The van der Waals surface area contributed by atoms with E-state index in [2.05, 4.69) is 0 Å². The second-order valence-electron chi connectivity index (χ2n) is 5.08. The quantitative estimate of drug-likeness (QED) is 0.892. The summed E-state index contributed by atoms with van der Waals surface area (Å²) in [4.78, 5) is 0. The zero-order chi connectivity index (χ0) is 14.1. The minimum Gasteiger partial charge on any atom is -0.497 e. The third kappa shape index (κ3) is 3.03. The minimum atomic E-state index is -4.15. The molecule has 0 spiro atoms. The maximum absolute atomic E-state index is 12.6. The van der Waals surface area contributed by atoms with Crippen LogP contribution in [-0.4, -0.2) is 18.4 Å². The number of aliphatic hydroxyl groups is 1. The van der Waals surface area contributed by atoms with Crippen LogP contribution in [0.5, 0.6) is 5.75 Å². The van der Waals surface area contributed by atoms with E-state index in [1.165, 1.54) is 7.11 Å². The van der Waals surface area contributed by atoms with Gasteiger partial charge in [0.15, 0.2) is 0 Å². The van der Waals surface area contributed by atoms with E-state index in [-0.39, 0.29) is 25.7 Å². The number of rotatable bonds is 2. The highest BCUT2D eigenvalue weighted by Crippen LogP contribution is 2.45. The summed E-state index contributed by atoms with van der Waals surface area (Å²) in [6.45, 7) is 0. The molecule has 19 heavy (non-hydrogen) atoms. The molecule has 1 aromatic rings. The van der Waals surface area contributed by atoms with Crippen molar-refractivity contribution in [3.63, 3.8) is 0 Å². The fourth-order valence-corrected chi connectivity index (χ4v) is 2.61. The highest BCUT2D eigenvalue weighted by atomic mass is 19.4. The summed E-state index contributed by atoms with van der Waals surface area (Å²) in [6.07, 6.45) is -3.91. The maximum atomic E-state index is 12.6. The Balaban J connectivity index is 2.08. The molecule has 2 rings (SSSR count). The van der Waals surface area contributed by atoms with Crippen LogP contribution in [-0.2, 0) is 5.60 Å². The van der Waals surface area contributed by atoms with E-state index < -0.39 is 17.7 Å². The van der Waals surface area contributed by atoms with Crippen LogP contribution in [0.2, 0.25) is 0 Å². The van der Waals surface area contributed by atoms with Gasteiger partial charge in [-0.15, -0.1) is 0 Å². The summed E-state index contributed by atoms with van der Waals surface area (Å²) in [6, 6.07) is 6.85. The van der Waals surface area contributed by atoms with Gasteiger partial charge in [-0.25, -0.2) is 0 Å². The molecule has 0 bridgehead atoms. The molecule has 0 radical (unpaired) electrons. The lowest BCUT2D eigenvalue weighted by Gasteiger charge is -2.37. The smallest absolute Gasteiger partial charge is 0.391 e. The molecule has 1 aliphatic carbocycles. The molecule has 5 heteroatoms. The molecule has 0 saturated heterocycles. The first-order valence-electron chi connectivity index (χ1n) is 6.29. The summed E-state index contributed by atoms with van der Waals surface area (Å²) >= 11 is 0. The lowest BCUT2D eigenvalue weighted by molar-refractivity contribution is -0.193. The van der Waals surface area contributed by atoms with Crippen LogP contribution in [0.15, 0.2) is 24.3 Å². The Morgan fingerprint density at radius 1 is 1.16 bits per heavy atom. The summed E-state index contributed by atoms with van der Waals surface area (Å²) in [7, 11) is 1.54. The van der Waals surface area contributed by atoms with Gasteiger partial charge in [-0.05, 0) is 43.4 Å². The monoisotopic (exact) mass is 274 g/mol. The molecule has 0 atom stereocenters. The van der Waals surface area contributed by atoms with Gasteiger partial charge in [0.25, 0.3) is 0 Å². The summed E-state index contributed by atoms with van der Waals surface area (Å²) in [5.74, 6) is -0.623. The molecular weight excluding hydrogens is 257 g/mol. The van der Waals surface area contributed by atoms with Gasteiger partial charge in [0, 0.05) is 0 Å². The average molecular weight is 274 g/mol. The van der Waals surface area contributed by atoms with Crippen LogP contribution in [0.3, 0.4) is 0 Å². The highest BCUT2D eigenvalue weighted by Gasteiger charge is 2.45. The van der Waals surface area contributed by atoms with E-state index in [4.69, 9.17) is 4.74 Å². The number of halogens is 3. The highest BCUT2D eigenvalue weighted by molar-refractivity contribution is 5.31. The molecule has 0 amide bonds. The minimum absolute atomic E-state index is 0.0218. The maximum Gasteiger partial charge on any atom is 0.391 e. The van der Waals surface area contributed by atoms with Crippen molar-refractivity contribution < 1.29 is 23.0 Å². The first kappa shape index (κ1) is 14.2. The number of benzene rings is 1. The van der Waals surface area contributed by atoms with Gasteiger partial charge in [-0.2, -0.15) is 13.2 Å². The summed E-state index contributed by atoms with van der Waals surface area (Å²) in [5, 5.41) is 10.5. The van der Waals surface area contributed by atoms with Crippen LogP contribution in [0.25, 0.3) is 0 Å². The second kappa shape index (κ2) is 5.04. The van der Waals surface area contributed by atoms with Crippen LogP contribution >= 0.6 is 0 Å². The van der Waals surface area contributed by atoms with Crippen molar-refractivity contribution >= 4 is 0 Å². The third-order valence-corrected chi connectivity index (χ3v) is 3.90. The van der Waals surface area contributed by atoms with Gasteiger partial charge in [-0.1, -0.05) is 12.1 Å². The van der Waals surface area contributed by atoms with Crippen molar-refractivity contribution in [3.8, 4) is 5.75 Å². The average Bonchev–Trinajstić information content (AvgIpc) is 2.38. The number of hydrogen-bond acceptors (Lipinski definition) is 2. The molecule has 0 aliphatic heterocycles. The van der Waals surface area contributed by atoms with E-state index in [0.717, 1.165) is 0 Å². The van der Waals surface area contributed by atoms with Crippen molar-refractivity contribution in [2.75, 3.05) is 7.11 Å². The van der Waals surface area contributed by atoms with Crippen LogP contribution < -0.4 is 4.74 Å². The van der Waals surface area contributed by atoms with E-state index in [1.807, 2.05) is 0 Å². The summed E-state index contributed by atoms with van der Waals surface area (Å²) in [5.41, 5.74) is -0.484. The molecular formula is C14H17F3O2. The van der Waals surface area contributed by atoms with Gasteiger partial charge in [0.2, 0.25) is 0 Å². The zero-order valence-corrected chi connectivity index (χ0v) is 10.7. The van der Waals surface area contributed by atoms with E-state index in [1.54, 1.807) is 24.3 Å². The second-order valence-corrected chi connectivity index (χ2v) is 5.08. The van der Waals surface area contributed by atoms with Crippen LogP contribution in [0.1, 0.15) is 31.2 Å². The number of ether oxygens (including phenoxy) is 1. The Morgan fingerprint density at radius 2 is 1.68 bits per heavy atom. The van der Waals surface area contributed by atoms with Crippen molar-refractivity contribution in [2.24, 2.45) is 5.92 Å². The van der Waals surface area contributed by atoms with Crippen LogP contribution in [0.4, 0.5) is 13.2 Å². The normalized spacial score (nSPS) is 28.2. The lowest BCUT2D eigenvalue weighted by Crippen LogP contribution is -2.36. The molecule has 1 N–H and O–H groups in total. The molecule has 1 fully saturated rings. The number of alkyl halides is 3. The Morgan fingerprint density at radius 3 is 2.11 bits per heavy atom.